The summed E-state index contributed by atoms with van der Waals surface area (Å²) in [6.07, 6.45) is 1.17. The molecule has 32 heavy (non-hydrogen) atoms. The van der Waals surface area contributed by atoms with E-state index in [0.717, 1.165) is 12.8 Å². The summed E-state index contributed by atoms with van der Waals surface area (Å²) in [5.41, 5.74) is 6.48. The number of aromatic nitrogens is 2. The first-order valence-corrected chi connectivity index (χ1v) is 11.8. The van der Waals surface area contributed by atoms with Gasteiger partial charge in [0.15, 0.2) is 0 Å². The molecule has 1 fully saturated rings. The monoisotopic (exact) mass is 463 g/mol. The summed E-state index contributed by atoms with van der Waals surface area (Å²) in [6, 6.07) is 5.60. The Morgan fingerprint density at radius 1 is 1.28 bits per heavy atom. The Labute approximate surface area is 187 Å². The van der Waals surface area contributed by atoms with Crippen LogP contribution < -0.4 is 10.5 Å². The van der Waals surface area contributed by atoms with Crippen molar-refractivity contribution >= 4 is 22.1 Å². The molecule has 0 aliphatic carbocycles. The number of amides is 1. The Bertz CT molecular complexity index is 1110. The van der Waals surface area contributed by atoms with Gasteiger partial charge in [-0.25, -0.2) is 27.9 Å². The average Bonchev–Trinajstić information content (AvgIpc) is 2.72. The van der Waals surface area contributed by atoms with E-state index < -0.39 is 15.6 Å². The number of phenolic OH excluding ortho intramolecular Hbond substituents is 1. The summed E-state index contributed by atoms with van der Waals surface area (Å²) in [5.74, 6) is -0.247. The number of benzene rings is 1. The third kappa shape index (κ3) is 5.46. The molecule has 0 bridgehead atoms. The van der Waals surface area contributed by atoms with Crippen molar-refractivity contribution in [3.8, 4) is 17.0 Å². The predicted octanol–water partition coefficient (Wildman–Crippen LogP) is 2.45. The van der Waals surface area contributed by atoms with Crippen molar-refractivity contribution in [2.24, 2.45) is 0 Å². The lowest BCUT2D eigenvalue weighted by Gasteiger charge is -2.34. The number of piperidine rings is 1. The number of phenols is 1. The van der Waals surface area contributed by atoms with Gasteiger partial charge in [0, 0.05) is 24.6 Å². The lowest BCUT2D eigenvalue weighted by molar-refractivity contribution is 0.0197. The first-order chi connectivity index (χ1) is 14.9. The first kappa shape index (κ1) is 23.7. The fourth-order valence-electron chi connectivity index (χ4n) is 3.55. The number of rotatable bonds is 4. The predicted molar refractivity (Wildman–Crippen MR) is 120 cm³/mol. The van der Waals surface area contributed by atoms with Gasteiger partial charge in [-0.15, -0.1) is 0 Å². The summed E-state index contributed by atoms with van der Waals surface area (Å²) in [6.45, 7) is 6.45. The van der Waals surface area contributed by atoms with E-state index in [0.29, 0.717) is 24.5 Å². The summed E-state index contributed by atoms with van der Waals surface area (Å²) in [7, 11) is -2.40. The van der Waals surface area contributed by atoms with Gasteiger partial charge >= 0.3 is 6.09 Å². The zero-order valence-electron chi connectivity index (χ0n) is 18.6. The molecule has 0 radical (unpaired) electrons. The normalized spacial score (nSPS) is 17.2. The zero-order valence-corrected chi connectivity index (χ0v) is 19.4. The minimum atomic E-state index is -3.71. The second kappa shape index (κ2) is 8.91. The molecule has 1 unspecified atom stereocenters. The highest BCUT2D eigenvalue weighted by Crippen LogP contribution is 2.34. The average molecular weight is 464 g/mol. The maximum absolute atomic E-state index is 12.5. The van der Waals surface area contributed by atoms with Crippen LogP contribution in [-0.2, 0) is 14.8 Å². The Kier molecular flexibility index (Phi) is 6.61. The lowest BCUT2D eigenvalue weighted by Crippen LogP contribution is -2.42. The molecule has 1 aliphatic heterocycles. The van der Waals surface area contributed by atoms with E-state index >= 15 is 0 Å². The maximum atomic E-state index is 12.5. The molecule has 2 aromatic rings. The van der Waals surface area contributed by atoms with Gasteiger partial charge in [-0.3, -0.25) is 0 Å². The molecule has 11 heteroatoms. The molecule has 0 spiro atoms. The molecule has 2 heterocycles. The second-order valence-electron chi connectivity index (χ2n) is 8.69. The molecule has 4 N–H and O–H groups in total. The topological polar surface area (TPSA) is 148 Å². The quantitative estimate of drug-likeness (QED) is 0.626. The lowest BCUT2D eigenvalue weighted by atomic mass is 9.93. The number of anilines is 1. The molecule has 1 saturated heterocycles. The van der Waals surface area contributed by atoms with Crippen LogP contribution in [-0.4, -0.2) is 60.2 Å². The summed E-state index contributed by atoms with van der Waals surface area (Å²) in [4.78, 5) is 22.7. The minimum Gasteiger partial charge on any atom is -0.507 e. The summed E-state index contributed by atoms with van der Waals surface area (Å²) < 4.78 is 32.1. The van der Waals surface area contributed by atoms with E-state index in [1.54, 1.807) is 11.0 Å². The zero-order chi connectivity index (χ0) is 23.7. The standard InChI is InChI=1S/C21H29N5O5S/c1-21(2,3)31-20(28)26-9-5-6-13(12-26)16-11-17(25-19(22)24-16)15-10-14(7-8-18(15)27)32(29,30)23-4/h7-8,10-11,13,23,27H,5-6,9,12H2,1-4H3,(H2,22,24,25). The van der Waals surface area contributed by atoms with Crippen LogP contribution in [0.25, 0.3) is 11.3 Å². The van der Waals surface area contributed by atoms with Crippen molar-refractivity contribution < 1.29 is 23.1 Å². The highest BCUT2D eigenvalue weighted by molar-refractivity contribution is 7.89. The fraction of sp³-hybridized carbons (Fsp3) is 0.476. The largest absolute Gasteiger partial charge is 0.507 e. The van der Waals surface area contributed by atoms with Crippen LogP contribution in [0.2, 0.25) is 0 Å². The van der Waals surface area contributed by atoms with Crippen LogP contribution in [0.3, 0.4) is 0 Å². The van der Waals surface area contributed by atoms with Crippen LogP contribution >= 0.6 is 0 Å². The molecule has 0 saturated carbocycles. The van der Waals surface area contributed by atoms with Gasteiger partial charge in [0.1, 0.15) is 11.4 Å². The number of carbonyl (C=O) groups excluding carboxylic acids is 1. The van der Waals surface area contributed by atoms with E-state index in [1.165, 1.54) is 25.2 Å². The molecule has 10 nitrogen and oxygen atoms in total. The molecule has 1 atom stereocenters. The molecule has 3 rings (SSSR count). The van der Waals surface area contributed by atoms with Crippen LogP contribution in [0, 0.1) is 0 Å². The number of nitrogens with zero attached hydrogens (tertiary/aromatic N) is 3. The number of sulfonamides is 1. The first-order valence-electron chi connectivity index (χ1n) is 10.3. The molecule has 1 amide bonds. The molecular weight excluding hydrogens is 434 g/mol. The van der Waals surface area contributed by atoms with Crippen LogP contribution in [0.1, 0.15) is 45.2 Å². The number of aromatic hydroxyl groups is 1. The Morgan fingerprint density at radius 3 is 2.66 bits per heavy atom. The SMILES string of the molecule is CNS(=O)(=O)c1ccc(O)c(-c2cc(C3CCCN(C(=O)OC(C)(C)C)C3)nc(N)n2)c1. The second-order valence-corrected chi connectivity index (χ2v) is 10.6. The van der Waals surface area contributed by atoms with Crippen molar-refractivity contribution in [3.63, 3.8) is 0 Å². The third-order valence-corrected chi connectivity index (χ3v) is 6.49. The van der Waals surface area contributed by atoms with E-state index in [2.05, 4.69) is 14.7 Å². The van der Waals surface area contributed by atoms with Gasteiger partial charge in [-0.05, 0) is 64.9 Å². The van der Waals surface area contributed by atoms with Gasteiger partial charge in [-0.1, -0.05) is 0 Å². The highest BCUT2D eigenvalue weighted by Gasteiger charge is 2.29. The fourth-order valence-corrected chi connectivity index (χ4v) is 4.30. The highest BCUT2D eigenvalue weighted by atomic mass is 32.2. The van der Waals surface area contributed by atoms with Crippen molar-refractivity contribution in [1.29, 1.82) is 0 Å². The van der Waals surface area contributed by atoms with Crippen molar-refractivity contribution in [3.05, 3.63) is 30.0 Å². The van der Waals surface area contributed by atoms with Gasteiger partial charge in [0.05, 0.1) is 16.3 Å². The minimum absolute atomic E-state index is 0.00633. The smallest absolute Gasteiger partial charge is 0.410 e. The molecule has 174 valence electrons. The van der Waals surface area contributed by atoms with Gasteiger partial charge in [0.2, 0.25) is 16.0 Å². The van der Waals surface area contributed by atoms with Crippen molar-refractivity contribution in [2.45, 2.75) is 50.0 Å². The molecule has 1 aliphatic rings. The van der Waals surface area contributed by atoms with E-state index in [4.69, 9.17) is 10.5 Å². The van der Waals surface area contributed by atoms with Crippen molar-refractivity contribution in [1.82, 2.24) is 19.6 Å². The Balaban J connectivity index is 1.93. The Hall–Kier alpha value is -2.92. The van der Waals surface area contributed by atoms with Gasteiger partial charge < -0.3 is 20.5 Å². The van der Waals surface area contributed by atoms with Crippen LogP contribution in [0.5, 0.6) is 5.75 Å². The Morgan fingerprint density at radius 2 is 2.00 bits per heavy atom. The number of nitrogens with one attached hydrogen (secondary N) is 1. The number of hydrogen-bond acceptors (Lipinski definition) is 8. The molecule has 1 aromatic heterocycles. The molecular formula is C21H29N5O5S. The number of likely N-dealkylation sites (tertiary alicyclic amines) is 1. The van der Waals surface area contributed by atoms with Crippen LogP contribution in [0.4, 0.5) is 10.7 Å². The third-order valence-electron chi connectivity index (χ3n) is 5.08. The summed E-state index contributed by atoms with van der Waals surface area (Å²) in [5, 5.41) is 10.4. The van der Waals surface area contributed by atoms with Gasteiger partial charge in [0.25, 0.3) is 0 Å². The van der Waals surface area contributed by atoms with E-state index in [1.807, 2.05) is 20.8 Å². The number of hydrogen-bond donors (Lipinski definition) is 3. The van der Waals surface area contributed by atoms with Crippen LogP contribution in [0.15, 0.2) is 29.2 Å². The van der Waals surface area contributed by atoms with Gasteiger partial charge in [-0.2, -0.15) is 0 Å². The number of nitrogen functional groups attached to an aromatic ring is 1. The number of carbonyl (C=O) groups is 1. The van der Waals surface area contributed by atoms with E-state index in [-0.39, 0.29) is 34.2 Å². The van der Waals surface area contributed by atoms with E-state index in [9.17, 15) is 18.3 Å². The number of ether oxygens (including phenoxy) is 1. The maximum Gasteiger partial charge on any atom is 0.410 e. The molecule has 1 aromatic carbocycles. The number of nitrogens with two attached hydrogens (primary N) is 1. The van der Waals surface area contributed by atoms with Crippen molar-refractivity contribution in [2.75, 3.05) is 25.9 Å². The summed E-state index contributed by atoms with van der Waals surface area (Å²) >= 11 is 0.